The molecule has 0 aromatic rings. The highest BCUT2D eigenvalue weighted by molar-refractivity contribution is 4.98. The molecule has 9 heavy (non-hydrogen) atoms. The predicted octanol–water partition coefficient (Wildman–Crippen LogP) is 1.86. The van der Waals surface area contributed by atoms with Crippen molar-refractivity contribution in [2.45, 2.75) is 25.8 Å². The first-order valence-corrected chi connectivity index (χ1v) is 3.34. The molecule has 1 heteroatoms. The van der Waals surface area contributed by atoms with Gasteiger partial charge in [0.25, 0.3) is 0 Å². The predicted molar refractivity (Wildman–Crippen MR) is 42.2 cm³/mol. The van der Waals surface area contributed by atoms with Crippen molar-refractivity contribution in [2.75, 3.05) is 0 Å². The van der Waals surface area contributed by atoms with E-state index < -0.39 is 0 Å². The molecule has 0 fully saturated rings. The van der Waals surface area contributed by atoms with E-state index in [0.29, 0.717) is 6.04 Å². The zero-order chi connectivity index (χ0) is 7.11. The molecular formula is C8H15N. The zero-order valence-corrected chi connectivity index (χ0v) is 6.01. The van der Waals surface area contributed by atoms with Gasteiger partial charge in [-0.3, -0.25) is 0 Å². The van der Waals surface area contributed by atoms with E-state index in [-0.39, 0.29) is 0 Å². The van der Waals surface area contributed by atoms with Crippen molar-refractivity contribution in [3.8, 4) is 0 Å². The van der Waals surface area contributed by atoms with Crippen LogP contribution in [0.1, 0.15) is 19.8 Å². The van der Waals surface area contributed by atoms with Crippen molar-refractivity contribution in [3.63, 3.8) is 0 Å². The van der Waals surface area contributed by atoms with E-state index in [1.54, 1.807) is 6.08 Å². The average molecular weight is 125 g/mol. The molecule has 0 aliphatic rings. The molecule has 0 saturated carbocycles. The minimum absolute atomic E-state index is 0.321. The van der Waals surface area contributed by atoms with Gasteiger partial charge in [-0.2, -0.15) is 0 Å². The summed E-state index contributed by atoms with van der Waals surface area (Å²) in [6.45, 7) is 5.65. The van der Waals surface area contributed by atoms with Crippen LogP contribution in [-0.2, 0) is 0 Å². The smallest absolute Gasteiger partial charge is 0.00708 e. The number of nitrogens with two attached hydrogens (primary N) is 1. The molecule has 0 aliphatic heterocycles. The summed E-state index contributed by atoms with van der Waals surface area (Å²) >= 11 is 0. The topological polar surface area (TPSA) is 26.0 Å². The minimum Gasteiger partial charge on any atom is -0.327 e. The van der Waals surface area contributed by atoms with Crippen LogP contribution >= 0.6 is 0 Å². The third-order valence-corrected chi connectivity index (χ3v) is 1.24. The number of rotatable bonds is 4. The molecule has 2 N–H and O–H groups in total. The molecule has 0 rings (SSSR count). The van der Waals surface area contributed by atoms with Gasteiger partial charge in [0.05, 0.1) is 0 Å². The van der Waals surface area contributed by atoms with Crippen molar-refractivity contribution in [1.29, 1.82) is 0 Å². The number of allylic oxidation sites excluding steroid dienone is 2. The van der Waals surface area contributed by atoms with E-state index in [9.17, 15) is 0 Å². The lowest BCUT2D eigenvalue weighted by molar-refractivity contribution is 0.659. The van der Waals surface area contributed by atoms with Gasteiger partial charge in [0.1, 0.15) is 0 Å². The van der Waals surface area contributed by atoms with Gasteiger partial charge < -0.3 is 5.73 Å². The molecule has 1 nitrogen and oxygen atoms in total. The fourth-order valence-corrected chi connectivity index (χ4v) is 0.516. The molecule has 0 saturated heterocycles. The summed E-state index contributed by atoms with van der Waals surface area (Å²) < 4.78 is 0. The maximum atomic E-state index is 5.63. The maximum Gasteiger partial charge on any atom is 0.00708 e. The Morgan fingerprint density at radius 1 is 1.67 bits per heavy atom. The Balaban J connectivity index is 3.25. The first-order valence-electron chi connectivity index (χ1n) is 3.34. The van der Waals surface area contributed by atoms with Crippen LogP contribution < -0.4 is 5.73 Å². The molecule has 0 heterocycles. The minimum atomic E-state index is 0.321. The van der Waals surface area contributed by atoms with E-state index in [0.717, 1.165) is 12.8 Å². The fourth-order valence-electron chi connectivity index (χ4n) is 0.516. The standard InChI is InChI=1S/C8H15N/c1-3-5-6-7-8(9)4-2/h3,5-6,8H,1,4,7,9H2,2H3/b6-5-/t8-/m1/s1. The van der Waals surface area contributed by atoms with Gasteiger partial charge in [0.2, 0.25) is 0 Å². The summed E-state index contributed by atoms with van der Waals surface area (Å²) in [5.41, 5.74) is 5.63. The molecular weight excluding hydrogens is 110 g/mol. The highest BCUT2D eigenvalue weighted by Gasteiger charge is 1.91. The molecule has 0 bridgehead atoms. The second kappa shape index (κ2) is 5.57. The first kappa shape index (κ1) is 8.44. The van der Waals surface area contributed by atoms with Crippen LogP contribution in [0.15, 0.2) is 24.8 Å². The monoisotopic (exact) mass is 125 g/mol. The van der Waals surface area contributed by atoms with Crippen LogP contribution in [0.25, 0.3) is 0 Å². The average Bonchev–Trinajstić information content (AvgIpc) is 1.89. The number of hydrogen-bond acceptors (Lipinski definition) is 1. The summed E-state index contributed by atoms with van der Waals surface area (Å²) in [7, 11) is 0. The zero-order valence-electron chi connectivity index (χ0n) is 6.01. The van der Waals surface area contributed by atoms with Crippen molar-refractivity contribution < 1.29 is 0 Å². The quantitative estimate of drug-likeness (QED) is 0.570. The Kier molecular flexibility index (Phi) is 5.23. The Bertz CT molecular complexity index is 94.7. The van der Waals surface area contributed by atoms with Crippen LogP contribution in [0.2, 0.25) is 0 Å². The van der Waals surface area contributed by atoms with E-state index in [1.807, 2.05) is 12.2 Å². The lowest BCUT2D eigenvalue weighted by Crippen LogP contribution is -2.16. The molecule has 0 radical (unpaired) electrons. The van der Waals surface area contributed by atoms with Crippen LogP contribution in [0.3, 0.4) is 0 Å². The molecule has 0 spiro atoms. The van der Waals surface area contributed by atoms with Gasteiger partial charge in [0, 0.05) is 6.04 Å². The second-order valence-electron chi connectivity index (χ2n) is 2.07. The number of hydrogen-bond donors (Lipinski definition) is 1. The van der Waals surface area contributed by atoms with E-state index in [1.165, 1.54) is 0 Å². The molecule has 0 aliphatic carbocycles. The van der Waals surface area contributed by atoms with Crippen LogP contribution in [0, 0.1) is 0 Å². The van der Waals surface area contributed by atoms with Gasteiger partial charge in [-0.05, 0) is 12.8 Å². The van der Waals surface area contributed by atoms with Crippen LogP contribution in [-0.4, -0.2) is 6.04 Å². The molecule has 0 unspecified atom stereocenters. The highest BCUT2D eigenvalue weighted by Crippen LogP contribution is 1.93. The Morgan fingerprint density at radius 2 is 2.33 bits per heavy atom. The molecule has 0 aromatic heterocycles. The second-order valence-corrected chi connectivity index (χ2v) is 2.07. The fraction of sp³-hybridized carbons (Fsp3) is 0.500. The first-order chi connectivity index (χ1) is 4.31. The van der Waals surface area contributed by atoms with Crippen molar-refractivity contribution >= 4 is 0 Å². The van der Waals surface area contributed by atoms with Crippen molar-refractivity contribution in [3.05, 3.63) is 24.8 Å². The van der Waals surface area contributed by atoms with Crippen LogP contribution in [0.5, 0.6) is 0 Å². The van der Waals surface area contributed by atoms with Gasteiger partial charge >= 0.3 is 0 Å². The van der Waals surface area contributed by atoms with E-state index in [4.69, 9.17) is 5.73 Å². The molecule has 0 aromatic carbocycles. The summed E-state index contributed by atoms with van der Waals surface area (Å²) in [4.78, 5) is 0. The lowest BCUT2D eigenvalue weighted by Gasteiger charge is -2.01. The largest absolute Gasteiger partial charge is 0.327 e. The molecule has 1 atom stereocenters. The molecule has 0 amide bonds. The molecule has 52 valence electrons. The summed E-state index contributed by atoms with van der Waals surface area (Å²) in [6, 6.07) is 0.321. The van der Waals surface area contributed by atoms with Crippen LogP contribution in [0.4, 0.5) is 0 Å². The Hall–Kier alpha value is -0.560. The lowest BCUT2D eigenvalue weighted by atomic mass is 10.1. The summed E-state index contributed by atoms with van der Waals surface area (Å²) in [5, 5.41) is 0. The van der Waals surface area contributed by atoms with E-state index in [2.05, 4.69) is 13.5 Å². The normalized spacial score (nSPS) is 14.0. The third kappa shape index (κ3) is 5.31. The van der Waals surface area contributed by atoms with Crippen molar-refractivity contribution in [1.82, 2.24) is 0 Å². The summed E-state index contributed by atoms with van der Waals surface area (Å²) in [6.07, 6.45) is 7.74. The Labute approximate surface area is 57.3 Å². The van der Waals surface area contributed by atoms with Crippen molar-refractivity contribution in [2.24, 2.45) is 5.73 Å². The van der Waals surface area contributed by atoms with E-state index >= 15 is 0 Å². The van der Waals surface area contributed by atoms with Gasteiger partial charge in [-0.1, -0.05) is 31.7 Å². The van der Waals surface area contributed by atoms with Gasteiger partial charge in [0.15, 0.2) is 0 Å². The maximum absolute atomic E-state index is 5.63. The SMILES string of the molecule is C=C/C=C\C[C@H](N)CC. The summed E-state index contributed by atoms with van der Waals surface area (Å²) in [5.74, 6) is 0. The third-order valence-electron chi connectivity index (χ3n) is 1.24. The van der Waals surface area contributed by atoms with Gasteiger partial charge in [-0.15, -0.1) is 0 Å². The Morgan fingerprint density at radius 3 is 2.78 bits per heavy atom. The van der Waals surface area contributed by atoms with Gasteiger partial charge in [-0.25, -0.2) is 0 Å². The highest BCUT2D eigenvalue weighted by atomic mass is 14.6.